The molecule has 2 heterocycles. The molecule has 1 aromatic heterocycles. The van der Waals surface area contributed by atoms with Crippen LogP contribution in [0.4, 0.5) is 4.39 Å². The van der Waals surface area contributed by atoms with Crippen LogP contribution in [0.15, 0.2) is 36.9 Å². The van der Waals surface area contributed by atoms with Crippen molar-refractivity contribution in [2.75, 3.05) is 13.2 Å². The molecule has 126 valence electrons. The topological polar surface area (TPSA) is 64.5 Å². The normalized spacial score (nSPS) is 20.7. The standard InChI is InChI=1S/C17H18FN3O3/c1-11-8-23-9-12(2)21(11)17(22)15-5-13(18)3-4-16(15)24-14-6-19-10-20-7-14/h3-7,10-12H,8-9H2,1-2H3/t11-,12+. The Morgan fingerprint density at radius 3 is 2.58 bits per heavy atom. The SMILES string of the molecule is C[C@@H]1COC[C@H](C)N1C(=O)c1cc(F)ccc1Oc1cncnc1. The summed E-state index contributed by atoms with van der Waals surface area (Å²) in [5.41, 5.74) is 0.166. The van der Waals surface area contributed by atoms with Crippen molar-refractivity contribution in [1.82, 2.24) is 14.9 Å². The first kappa shape index (κ1) is 16.3. The molecule has 1 aromatic carbocycles. The van der Waals surface area contributed by atoms with Gasteiger partial charge < -0.3 is 14.4 Å². The van der Waals surface area contributed by atoms with Crippen LogP contribution in [0.1, 0.15) is 24.2 Å². The van der Waals surface area contributed by atoms with Crippen LogP contribution in [0.25, 0.3) is 0 Å². The third-order valence-electron chi connectivity index (χ3n) is 3.84. The zero-order chi connectivity index (χ0) is 17.1. The van der Waals surface area contributed by atoms with E-state index in [0.29, 0.717) is 19.0 Å². The summed E-state index contributed by atoms with van der Waals surface area (Å²) in [5, 5.41) is 0. The van der Waals surface area contributed by atoms with Gasteiger partial charge in [-0.15, -0.1) is 0 Å². The lowest BCUT2D eigenvalue weighted by atomic mass is 10.1. The molecule has 6 nitrogen and oxygen atoms in total. The lowest BCUT2D eigenvalue weighted by Gasteiger charge is -2.39. The van der Waals surface area contributed by atoms with Gasteiger partial charge in [0.25, 0.3) is 5.91 Å². The number of ether oxygens (including phenoxy) is 2. The van der Waals surface area contributed by atoms with Gasteiger partial charge in [0.05, 0.1) is 43.3 Å². The van der Waals surface area contributed by atoms with Gasteiger partial charge in [-0.3, -0.25) is 4.79 Å². The van der Waals surface area contributed by atoms with Crippen molar-refractivity contribution in [2.45, 2.75) is 25.9 Å². The molecule has 7 heteroatoms. The van der Waals surface area contributed by atoms with Crippen molar-refractivity contribution in [1.29, 1.82) is 0 Å². The number of amides is 1. The largest absolute Gasteiger partial charge is 0.453 e. The van der Waals surface area contributed by atoms with Crippen molar-refractivity contribution in [3.63, 3.8) is 0 Å². The average Bonchev–Trinajstić information content (AvgIpc) is 2.57. The van der Waals surface area contributed by atoms with Crippen molar-refractivity contribution in [3.05, 3.63) is 48.3 Å². The van der Waals surface area contributed by atoms with Crippen LogP contribution in [-0.2, 0) is 4.74 Å². The number of rotatable bonds is 3. The summed E-state index contributed by atoms with van der Waals surface area (Å²) in [5.74, 6) is -0.142. The highest BCUT2D eigenvalue weighted by Crippen LogP contribution is 2.28. The Bertz CT molecular complexity index is 716. The number of carbonyl (C=O) groups excluding carboxylic acids is 1. The molecule has 2 aromatic rings. The van der Waals surface area contributed by atoms with Crippen LogP contribution >= 0.6 is 0 Å². The third kappa shape index (κ3) is 3.35. The molecule has 0 saturated carbocycles. The summed E-state index contributed by atoms with van der Waals surface area (Å²) < 4.78 is 24.9. The number of nitrogens with zero attached hydrogens (tertiary/aromatic N) is 3. The molecule has 1 aliphatic heterocycles. The van der Waals surface area contributed by atoms with Gasteiger partial charge in [0.2, 0.25) is 0 Å². The summed E-state index contributed by atoms with van der Waals surface area (Å²) in [7, 11) is 0. The van der Waals surface area contributed by atoms with Crippen LogP contribution in [0.2, 0.25) is 0 Å². The van der Waals surface area contributed by atoms with Crippen LogP contribution < -0.4 is 4.74 Å². The number of hydrogen-bond donors (Lipinski definition) is 0. The van der Waals surface area contributed by atoms with E-state index in [0.717, 1.165) is 0 Å². The van der Waals surface area contributed by atoms with Gasteiger partial charge in [-0.2, -0.15) is 0 Å². The van der Waals surface area contributed by atoms with Crippen LogP contribution in [0.5, 0.6) is 11.5 Å². The number of morpholine rings is 1. The second-order valence-corrected chi connectivity index (χ2v) is 5.76. The number of benzene rings is 1. The summed E-state index contributed by atoms with van der Waals surface area (Å²) in [4.78, 5) is 22.4. The number of aromatic nitrogens is 2. The summed E-state index contributed by atoms with van der Waals surface area (Å²) in [6.07, 6.45) is 4.33. The molecule has 0 radical (unpaired) electrons. The number of carbonyl (C=O) groups is 1. The Balaban J connectivity index is 1.94. The molecule has 0 aliphatic carbocycles. The quantitative estimate of drug-likeness (QED) is 0.865. The fourth-order valence-corrected chi connectivity index (χ4v) is 2.77. The van der Waals surface area contributed by atoms with E-state index in [4.69, 9.17) is 9.47 Å². The van der Waals surface area contributed by atoms with E-state index in [2.05, 4.69) is 9.97 Å². The highest BCUT2D eigenvalue weighted by molar-refractivity contribution is 5.97. The Labute approximate surface area is 139 Å². The van der Waals surface area contributed by atoms with Gasteiger partial charge in [0.15, 0.2) is 5.75 Å². The van der Waals surface area contributed by atoms with Gasteiger partial charge in [-0.05, 0) is 32.0 Å². The monoisotopic (exact) mass is 331 g/mol. The van der Waals surface area contributed by atoms with Gasteiger partial charge in [0.1, 0.15) is 17.9 Å². The first-order valence-electron chi connectivity index (χ1n) is 7.69. The minimum atomic E-state index is -0.497. The molecule has 3 rings (SSSR count). The first-order chi connectivity index (χ1) is 11.6. The molecule has 1 fully saturated rings. The molecule has 1 saturated heterocycles. The Kier molecular flexibility index (Phi) is 4.71. The van der Waals surface area contributed by atoms with Crippen molar-refractivity contribution in [3.8, 4) is 11.5 Å². The lowest BCUT2D eigenvalue weighted by molar-refractivity contribution is -0.0250. The predicted molar refractivity (Wildman–Crippen MR) is 84.4 cm³/mol. The minimum Gasteiger partial charge on any atom is -0.453 e. The van der Waals surface area contributed by atoms with Crippen LogP contribution in [0, 0.1) is 5.82 Å². The van der Waals surface area contributed by atoms with Crippen molar-refractivity contribution >= 4 is 5.91 Å². The molecule has 0 unspecified atom stereocenters. The van der Waals surface area contributed by atoms with Crippen molar-refractivity contribution < 1.29 is 18.7 Å². The Morgan fingerprint density at radius 1 is 1.25 bits per heavy atom. The van der Waals surface area contributed by atoms with Gasteiger partial charge in [-0.25, -0.2) is 14.4 Å². The maximum absolute atomic E-state index is 13.7. The van der Waals surface area contributed by atoms with Gasteiger partial charge >= 0.3 is 0 Å². The van der Waals surface area contributed by atoms with Gasteiger partial charge in [0, 0.05) is 0 Å². The number of halogens is 1. The Hall–Kier alpha value is -2.54. The summed E-state index contributed by atoms with van der Waals surface area (Å²) in [6.45, 7) is 4.71. The Morgan fingerprint density at radius 2 is 1.92 bits per heavy atom. The molecule has 0 N–H and O–H groups in total. The molecular formula is C17H18FN3O3. The molecule has 0 bridgehead atoms. The molecule has 24 heavy (non-hydrogen) atoms. The van der Waals surface area contributed by atoms with E-state index < -0.39 is 5.82 Å². The second kappa shape index (κ2) is 6.92. The first-order valence-corrected chi connectivity index (χ1v) is 7.69. The molecular weight excluding hydrogens is 313 g/mol. The molecule has 2 atom stereocenters. The maximum atomic E-state index is 13.7. The maximum Gasteiger partial charge on any atom is 0.258 e. The third-order valence-corrected chi connectivity index (χ3v) is 3.84. The van der Waals surface area contributed by atoms with Crippen LogP contribution in [0.3, 0.4) is 0 Å². The second-order valence-electron chi connectivity index (χ2n) is 5.76. The highest BCUT2D eigenvalue weighted by Gasteiger charge is 2.32. The fraction of sp³-hybridized carbons (Fsp3) is 0.353. The minimum absolute atomic E-state index is 0.0996. The zero-order valence-corrected chi connectivity index (χ0v) is 13.5. The lowest BCUT2D eigenvalue weighted by Crippen LogP contribution is -2.52. The van der Waals surface area contributed by atoms with E-state index in [1.807, 2.05) is 13.8 Å². The van der Waals surface area contributed by atoms with Crippen LogP contribution in [-0.4, -0.2) is 46.1 Å². The number of hydrogen-bond acceptors (Lipinski definition) is 5. The summed E-state index contributed by atoms with van der Waals surface area (Å²) in [6, 6.07) is 3.68. The molecule has 1 aliphatic rings. The van der Waals surface area contributed by atoms with E-state index >= 15 is 0 Å². The van der Waals surface area contributed by atoms with E-state index in [1.165, 1.54) is 36.9 Å². The smallest absolute Gasteiger partial charge is 0.258 e. The molecule has 1 amide bonds. The zero-order valence-electron chi connectivity index (χ0n) is 13.5. The van der Waals surface area contributed by atoms with Gasteiger partial charge in [-0.1, -0.05) is 0 Å². The molecule has 0 spiro atoms. The highest BCUT2D eigenvalue weighted by atomic mass is 19.1. The van der Waals surface area contributed by atoms with Crippen molar-refractivity contribution in [2.24, 2.45) is 0 Å². The fourth-order valence-electron chi connectivity index (χ4n) is 2.77. The van der Waals surface area contributed by atoms with E-state index in [9.17, 15) is 9.18 Å². The average molecular weight is 331 g/mol. The van der Waals surface area contributed by atoms with E-state index in [1.54, 1.807) is 4.90 Å². The predicted octanol–water partition coefficient (Wildman–Crippen LogP) is 2.66. The summed E-state index contributed by atoms with van der Waals surface area (Å²) >= 11 is 0. The van der Waals surface area contributed by atoms with E-state index in [-0.39, 0.29) is 29.3 Å².